The zero-order valence-electron chi connectivity index (χ0n) is 13.3. The number of aromatic carboxylic acids is 1. The first-order chi connectivity index (χ1) is 11.4. The van der Waals surface area contributed by atoms with Gasteiger partial charge in [-0.3, -0.25) is 4.79 Å². The molecule has 4 rings (SSSR count). The molecule has 1 fully saturated rings. The van der Waals surface area contributed by atoms with E-state index in [1.807, 2.05) is 11.8 Å². The first-order valence-electron chi connectivity index (χ1n) is 8.02. The third-order valence-corrected chi connectivity index (χ3v) is 5.09. The SMILES string of the molecule is C[C@H]1Cc2c(N3CCC(N)C3)c(F)cc3c(=O)c(C(=O)O)cn1c23. The van der Waals surface area contributed by atoms with Crippen molar-refractivity contribution in [1.82, 2.24) is 4.57 Å². The summed E-state index contributed by atoms with van der Waals surface area (Å²) in [5.74, 6) is -1.77. The Labute approximate surface area is 137 Å². The third-order valence-electron chi connectivity index (χ3n) is 5.09. The van der Waals surface area contributed by atoms with Crippen molar-refractivity contribution in [3.63, 3.8) is 0 Å². The molecule has 1 saturated heterocycles. The van der Waals surface area contributed by atoms with Crippen LogP contribution in [0.3, 0.4) is 0 Å². The number of anilines is 1. The summed E-state index contributed by atoms with van der Waals surface area (Å²) in [6.07, 6.45) is 2.75. The number of hydrogen-bond acceptors (Lipinski definition) is 4. The molecule has 0 aliphatic carbocycles. The Morgan fingerprint density at radius 1 is 1.46 bits per heavy atom. The minimum atomic E-state index is -1.29. The van der Waals surface area contributed by atoms with E-state index in [-0.39, 0.29) is 23.0 Å². The lowest BCUT2D eigenvalue weighted by atomic mass is 10.0. The van der Waals surface area contributed by atoms with Gasteiger partial charge >= 0.3 is 5.97 Å². The zero-order valence-corrected chi connectivity index (χ0v) is 13.3. The molecule has 126 valence electrons. The number of aromatic nitrogens is 1. The van der Waals surface area contributed by atoms with Gasteiger partial charge in [0, 0.05) is 42.3 Å². The molecule has 2 aliphatic heterocycles. The fraction of sp³-hybridized carbons (Fsp3) is 0.412. The van der Waals surface area contributed by atoms with Gasteiger partial charge in [-0.1, -0.05) is 0 Å². The van der Waals surface area contributed by atoms with E-state index in [9.17, 15) is 19.1 Å². The van der Waals surface area contributed by atoms with Gasteiger partial charge in [0.05, 0.1) is 11.2 Å². The van der Waals surface area contributed by atoms with Crippen molar-refractivity contribution in [2.45, 2.75) is 31.8 Å². The number of nitrogens with two attached hydrogens (primary N) is 1. The Morgan fingerprint density at radius 2 is 2.21 bits per heavy atom. The molecule has 2 atom stereocenters. The maximum absolute atomic E-state index is 14.8. The van der Waals surface area contributed by atoms with Crippen LogP contribution in [-0.2, 0) is 6.42 Å². The number of pyridine rings is 1. The average molecular weight is 331 g/mol. The minimum Gasteiger partial charge on any atom is -0.477 e. The van der Waals surface area contributed by atoms with Crippen LogP contribution in [0.2, 0.25) is 0 Å². The average Bonchev–Trinajstić information content (AvgIpc) is 3.06. The van der Waals surface area contributed by atoms with Crippen molar-refractivity contribution < 1.29 is 14.3 Å². The van der Waals surface area contributed by atoms with Crippen LogP contribution in [0.5, 0.6) is 0 Å². The van der Waals surface area contributed by atoms with E-state index in [0.717, 1.165) is 12.0 Å². The Morgan fingerprint density at radius 3 is 2.83 bits per heavy atom. The van der Waals surface area contributed by atoms with E-state index in [2.05, 4.69) is 0 Å². The van der Waals surface area contributed by atoms with Crippen LogP contribution in [-0.4, -0.2) is 34.8 Å². The first kappa shape index (κ1) is 15.1. The van der Waals surface area contributed by atoms with Crippen molar-refractivity contribution in [1.29, 1.82) is 0 Å². The second kappa shape index (κ2) is 5.04. The topological polar surface area (TPSA) is 88.6 Å². The van der Waals surface area contributed by atoms with Gasteiger partial charge in [0.1, 0.15) is 11.4 Å². The Balaban J connectivity index is 2.04. The molecule has 0 saturated carbocycles. The summed E-state index contributed by atoms with van der Waals surface area (Å²) in [4.78, 5) is 25.7. The fourth-order valence-corrected chi connectivity index (χ4v) is 3.98. The first-order valence-corrected chi connectivity index (χ1v) is 8.02. The smallest absolute Gasteiger partial charge is 0.341 e. The van der Waals surface area contributed by atoms with Gasteiger partial charge in [-0.15, -0.1) is 0 Å². The van der Waals surface area contributed by atoms with Gasteiger partial charge in [-0.05, 0) is 25.8 Å². The summed E-state index contributed by atoms with van der Waals surface area (Å²) in [5.41, 5.74) is 6.93. The van der Waals surface area contributed by atoms with Crippen molar-refractivity contribution >= 4 is 22.6 Å². The number of rotatable bonds is 2. The summed E-state index contributed by atoms with van der Waals surface area (Å²) in [7, 11) is 0. The van der Waals surface area contributed by atoms with Crippen LogP contribution < -0.4 is 16.1 Å². The molecule has 1 aromatic carbocycles. The number of carbonyl (C=O) groups is 1. The largest absolute Gasteiger partial charge is 0.477 e. The van der Waals surface area contributed by atoms with Crippen LogP contribution in [0, 0.1) is 5.82 Å². The van der Waals surface area contributed by atoms with E-state index in [1.54, 1.807) is 4.57 Å². The Hall–Kier alpha value is -2.41. The van der Waals surface area contributed by atoms with Gasteiger partial charge in [0.15, 0.2) is 0 Å². The van der Waals surface area contributed by atoms with Crippen LogP contribution in [0.15, 0.2) is 17.1 Å². The van der Waals surface area contributed by atoms with E-state index in [1.165, 1.54) is 12.3 Å². The summed E-state index contributed by atoms with van der Waals surface area (Å²) in [6, 6.07) is 1.17. The van der Waals surface area contributed by atoms with E-state index >= 15 is 0 Å². The predicted molar refractivity (Wildman–Crippen MR) is 88.3 cm³/mol. The molecule has 0 amide bonds. The van der Waals surface area contributed by atoms with Gasteiger partial charge in [-0.2, -0.15) is 0 Å². The van der Waals surface area contributed by atoms with Gasteiger partial charge in [-0.25, -0.2) is 9.18 Å². The summed E-state index contributed by atoms with van der Waals surface area (Å²) < 4.78 is 16.6. The van der Waals surface area contributed by atoms with Crippen LogP contribution in [0.4, 0.5) is 10.1 Å². The van der Waals surface area contributed by atoms with Crippen molar-refractivity contribution in [2.24, 2.45) is 5.73 Å². The van der Waals surface area contributed by atoms with Crippen LogP contribution in [0.25, 0.3) is 10.9 Å². The molecular formula is C17H18FN3O3. The van der Waals surface area contributed by atoms with Crippen molar-refractivity contribution in [3.8, 4) is 0 Å². The van der Waals surface area contributed by atoms with E-state index in [4.69, 9.17) is 5.73 Å². The van der Waals surface area contributed by atoms with Gasteiger partial charge in [0.25, 0.3) is 0 Å². The maximum Gasteiger partial charge on any atom is 0.341 e. The molecule has 3 N–H and O–H groups in total. The molecule has 1 unspecified atom stereocenters. The summed E-state index contributed by atoms with van der Waals surface area (Å²) >= 11 is 0. The molecule has 7 heteroatoms. The van der Waals surface area contributed by atoms with Crippen molar-refractivity contribution in [3.05, 3.63) is 39.4 Å². The van der Waals surface area contributed by atoms with E-state index < -0.39 is 17.2 Å². The maximum atomic E-state index is 14.8. The lowest BCUT2D eigenvalue weighted by Crippen LogP contribution is -2.28. The standard InChI is InChI=1S/C17H18FN3O3/c1-8-4-10-14-11(16(22)12(17(23)24)7-21(8)14)5-13(18)15(10)20-3-2-9(19)6-20/h5,7-9H,2-4,6,19H2,1H3,(H,23,24)/t8-,9?/m0/s1. The molecule has 6 nitrogen and oxygen atoms in total. The quantitative estimate of drug-likeness (QED) is 0.870. The number of carboxylic acids is 1. The zero-order chi connectivity index (χ0) is 17.2. The van der Waals surface area contributed by atoms with Crippen LogP contribution >= 0.6 is 0 Å². The molecule has 2 aromatic rings. The molecular weight excluding hydrogens is 313 g/mol. The molecule has 24 heavy (non-hydrogen) atoms. The number of halogens is 1. The molecule has 2 aliphatic rings. The number of hydrogen-bond donors (Lipinski definition) is 2. The Kier molecular flexibility index (Phi) is 3.18. The number of nitrogens with zero attached hydrogens (tertiary/aromatic N) is 2. The highest BCUT2D eigenvalue weighted by Crippen LogP contribution is 2.40. The molecule has 1 aromatic heterocycles. The summed E-state index contributed by atoms with van der Waals surface area (Å²) in [6.45, 7) is 3.20. The highest BCUT2D eigenvalue weighted by Gasteiger charge is 2.32. The lowest BCUT2D eigenvalue weighted by molar-refractivity contribution is 0.0694. The normalized spacial score (nSPS) is 22.5. The molecule has 0 bridgehead atoms. The number of carboxylic acid groups (broad SMARTS) is 1. The predicted octanol–water partition coefficient (Wildman–Crippen LogP) is 1.49. The lowest BCUT2D eigenvalue weighted by Gasteiger charge is -2.22. The molecule has 0 radical (unpaired) electrons. The van der Waals surface area contributed by atoms with E-state index in [0.29, 0.717) is 30.7 Å². The Bertz CT molecular complexity index is 937. The second-order valence-electron chi connectivity index (χ2n) is 6.71. The highest BCUT2D eigenvalue weighted by atomic mass is 19.1. The molecule has 3 heterocycles. The fourth-order valence-electron chi connectivity index (χ4n) is 3.98. The van der Waals surface area contributed by atoms with Crippen LogP contribution in [0.1, 0.15) is 35.3 Å². The van der Waals surface area contributed by atoms with Crippen molar-refractivity contribution in [2.75, 3.05) is 18.0 Å². The van der Waals surface area contributed by atoms with Gasteiger partial charge < -0.3 is 20.3 Å². The monoisotopic (exact) mass is 331 g/mol. The number of benzene rings is 1. The molecule has 0 spiro atoms. The minimum absolute atomic E-state index is 0.0164. The third kappa shape index (κ3) is 1.97. The van der Waals surface area contributed by atoms with Gasteiger partial charge in [0.2, 0.25) is 5.43 Å². The highest BCUT2D eigenvalue weighted by molar-refractivity contribution is 5.96. The summed E-state index contributed by atoms with van der Waals surface area (Å²) in [5, 5.41) is 9.38. The second-order valence-corrected chi connectivity index (χ2v) is 6.71.